The van der Waals surface area contributed by atoms with Crippen LogP contribution in [0.2, 0.25) is 0 Å². The van der Waals surface area contributed by atoms with Crippen LogP contribution in [0.15, 0.2) is 11.2 Å². The van der Waals surface area contributed by atoms with Gasteiger partial charge in [0.15, 0.2) is 0 Å². The Labute approximate surface area is 78.2 Å². The highest BCUT2D eigenvalue weighted by Crippen LogP contribution is 2.30. The molecule has 1 aliphatic rings. The van der Waals surface area contributed by atoms with Gasteiger partial charge in [0, 0.05) is 6.54 Å². The topological polar surface area (TPSA) is 20.3 Å². The van der Waals surface area contributed by atoms with Gasteiger partial charge >= 0.3 is 0 Å². The maximum atomic E-state index is 10.5. The van der Waals surface area contributed by atoms with E-state index in [2.05, 4.69) is 13.8 Å². The number of allylic oxidation sites excluding steroid dienone is 1. The molecule has 0 unspecified atom stereocenters. The smallest absolute Gasteiger partial charge is 0.214 e. The summed E-state index contributed by atoms with van der Waals surface area (Å²) < 4.78 is 0. The molecule has 0 saturated heterocycles. The fraction of sp³-hybridized carbons (Fsp3) is 0.667. The van der Waals surface area contributed by atoms with Crippen molar-refractivity contribution >= 4 is 18.0 Å². The van der Waals surface area contributed by atoms with Gasteiger partial charge in [-0.2, -0.15) is 0 Å². The van der Waals surface area contributed by atoms with Crippen LogP contribution in [-0.4, -0.2) is 17.9 Å². The van der Waals surface area contributed by atoms with Gasteiger partial charge in [-0.25, -0.2) is 0 Å². The van der Waals surface area contributed by atoms with Gasteiger partial charge in [0.05, 0.1) is 0 Å². The summed E-state index contributed by atoms with van der Waals surface area (Å²) in [6, 6.07) is 0. The highest BCUT2D eigenvalue weighted by Gasteiger charge is 2.22. The summed E-state index contributed by atoms with van der Waals surface area (Å²) in [5.74, 6) is 0. The highest BCUT2D eigenvalue weighted by molar-refractivity contribution is 6.29. The first-order valence-electron chi connectivity index (χ1n) is 4.13. The monoisotopic (exact) mass is 187 g/mol. The lowest BCUT2D eigenvalue weighted by molar-refractivity contribution is -0.116. The number of halogens is 1. The minimum absolute atomic E-state index is 0.262. The Morgan fingerprint density at radius 2 is 2.33 bits per heavy atom. The third-order valence-corrected chi connectivity index (χ3v) is 2.63. The van der Waals surface area contributed by atoms with Crippen LogP contribution in [0, 0.1) is 5.41 Å². The van der Waals surface area contributed by atoms with Gasteiger partial charge < -0.3 is 4.90 Å². The molecule has 0 aromatic rings. The van der Waals surface area contributed by atoms with Crippen molar-refractivity contribution in [1.29, 1.82) is 0 Å². The standard InChI is InChI=1S/C9H14ClNO/c1-9(2)4-3-8(10)11(7-12)6-5-9/h3,7H,4-6H2,1-2H3. The van der Waals surface area contributed by atoms with Crippen molar-refractivity contribution in [2.24, 2.45) is 5.41 Å². The van der Waals surface area contributed by atoms with Crippen LogP contribution in [0.25, 0.3) is 0 Å². The molecule has 0 N–H and O–H groups in total. The van der Waals surface area contributed by atoms with Gasteiger partial charge in [0.1, 0.15) is 5.16 Å². The number of rotatable bonds is 1. The predicted molar refractivity (Wildman–Crippen MR) is 49.7 cm³/mol. The van der Waals surface area contributed by atoms with Crippen molar-refractivity contribution in [2.75, 3.05) is 6.54 Å². The fourth-order valence-corrected chi connectivity index (χ4v) is 1.41. The Morgan fingerprint density at radius 3 is 2.92 bits per heavy atom. The number of nitrogens with zero attached hydrogens (tertiary/aromatic N) is 1. The number of hydrogen-bond acceptors (Lipinski definition) is 1. The largest absolute Gasteiger partial charge is 0.306 e. The maximum absolute atomic E-state index is 10.5. The SMILES string of the molecule is CC1(C)CC=C(Cl)N(C=O)CC1. The summed E-state index contributed by atoms with van der Waals surface area (Å²) in [6.07, 6.45) is 4.65. The second-order valence-electron chi connectivity index (χ2n) is 3.94. The summed E-state index contributed by atoms with van der Waals surface area (Å²) in [7, 11) is 0. The molecular formula is C9H14ClNO. The average molecular weight is 188 g/mol. The molecule has 3 heteroatoms. The molecule has 1 amide bonds. The second-order valence-corrected chi connectivity index (χ2v) is 4.33. The Balaban J connectivity index is 2.73. The molecule has 12 heavy (non-hydrogen) atoms. The summed E-state index contributed by atoms with van der Waals surface area (Å²) in [5, 5.41) is 0.565. The lowest BCUT2D eigenvalue weighted by Gasteiger charge is -2.21. The molecule has 0 aromatic heterocycles. The third-order valence-electron chi connectivity index (χ3n) is 2.25. The summed E-state index contributed by atoms with van der Waals surface area (Å²) >= 11 is 5.87. The molecule has 0 bridgehead atoms. The zero-order valence-corrected chi connectivity index (χ0v) is 8.27. The van der Waals surface area contributed by atoms with Crippen LogP contribution in [0.4, 0.5) is 0 Å². The third kappa shape index (κ3) is 2.24. The van der Waals surface area contributed by atoms with Gasteiger partial charge in [-0.1, -0.05) is 25.4 Å². The molecule has 0 fully saturated rings. The zero-order chi connectivity index (χ0) is 9.19. The van der Waals surface area contributed by atoms with Crippen molar-refractivity contribution in [3.05, 3.63) is 11.2 Å². The fourth-order valence-electron chi connectivity index (χ4n) is 1.21. The Bertz CT molecular complexity index is 211. The molecule has 0 atom stereocenters. The highest BCUT2D eigenvalue weighted by atomic mass is 35.5. The zero-order valence-electron chi connectivity index (χ0n) is 7.51. The van der Waals surface area contributed by atoms with E-state index in [4.69, 9.17) is 11.6 Å². The molecule has 1 aliphatic heterocycles. The van der Waals surface area contributed by atoms with E-state index >= 15 is 0 Å². The van der Waals surface area contributed by atoms with Gasteiger partial charge in [0.25, 0.3) is 0 Å². The van der Waals surface area contributed by atoms with E-state index in [1.165, 1.54) is 0 Å². The van der Waals surface area contributed by atoms with E-state index in [1.54, 1.807) is 4.90 Å². The van der Waals surface area contributed by atoms with Crippen LogP contribution in [0.5, 0.6) is 0 Å². The molecule has 0 aromatic carbocycles. The minimum atomic E-state index is 0.262. The van der Waals surface area contributed by atoms with E-state index < -0.39 is 0 Å². The Kier molecular flexibility index (Phi) is 2.78. The van der Waals surface area contributed by atoms with Crippen molar-refractivity contribution in [3.63, 3.8) is 0 Å². The molecule has 0 spiro atoms. The van der Waals surface area contributed by atoms with Crippen LogP contribution in [0.3, 0.4) is 0 Å². The predicted octanol–water partition coefficient (Wildman–Crippen LogP) is 2.34. The first-order chi connectivity index (χ1) is 5.55. The van der Waals surface area contributed by atoms with Crippen LogP contribution in [0.1, 0.15) is 26.7 Å². The maximum Gasteiger partial charge on any atom is 0.214 e. The van der Waals surface area contributed by atoms with Crippen molar-refractivity contribution < 1.29 is 4.79 Å². The quantitative estimate of drug-likeness (QED) is 0.456. The lowest BCUT2D eigenvalue weighted by Crippen LogP contribution is -2.21. The normalized spacial score (nSPS) is 22.9. The molecule has 2 nitrogen and oxygen atoms in total. The Hall–Kier alpha value is -0.500. The van der Waals surface area contributed by atoms with Crippen LogP contribution in [-0.2, 0) is 4.79 Å². The van der Waals surface area contributed by atoms with Gasteiger partial charge in [-0.15, -0.1) is 0 Å². The molecule has 0 radical (unpaired) electrons. The molecule has 0 aliphatic carbocycles. The number of hydrogen-bond donors (Lipinski definition) is 0. The first kappa shape index (κ1) is 9.59. The molecule has 68 valence electrons. The van der Waals surface area contributed by atoms with Gasteiger partial charge in [-0.3, -0.25) is 4.79 Å². The van der Waals surface area contributed by atoms with Crippen LogP contribution >= 0.6 is 11.6 Å². The molecule has 1 rings (SSSR count). The molecule has 0 saturated carbocycles. The molecular weight excluding hydrogens is 174 g/mol. The van der Waals surface area contributed by atoms with Crippen molar-refractivity contribution in [3.8, 4) is 0 Å². The summed E-state index contributed by atoms with van der Waals surface area (Å²) in [4.78, 5) is 12.1. The number of amides is 1. The second kappa shape index (κ2) is 3.48. The average Bonchev–Trinajstić information content (AvgIpc) is 2.13. The Morgan fingerprint density at radius 1 is 1.67 bits per heavy atom. The van der Waals surface area contributed by atoms with E-state index in [1.807, 2.05) is 6.08 Å². The van der Waals surface area contributed by atoms with Gasteiger partial charge in [0.2, 0.25) is 6.41 Å². The van der Waals surface area contributed by atoms with E-state index in [9.17, 15) is 4.79 Å². The van der Waals surface area contributed by atoms with Crippen molar-refractivity contribution in [2.45, 2.75) is 26.7 Å². The number of carbonyl (C=O) groups excluding carboxylic acids is 1. The van der Waals surface area contributed by atoms with E-state index in [0.717, 1.165) is 25.8 Å². The number of carbonyl (C=O) groups is 1. The summed E-state index contributed by atoms with van der Waals surface area (Å²) in [5.41, 5.74) is 0.262. The van der Waals surface area contributed by atoms with Gasteiger partial charge in [-0.05, 0) is 24.3 Å². The lowest BCUT2D eigenvalue weighted by atomic mass is 9.86. The van der Waals surface area contributed by atoms with Crippen molar-refractivity contribution in [1.82, 2.24) is 4.90 Å². The van der Waals surface area contributed by atoms with E-state index in [-0.39, 0.29) is 5.41 Å². The van der Waals surface area contributed by atoms with Crippen LogP contribution < -0.4 is 0 Å². The van der Waals surface area contributed by atoms with E-state index in [0.29, 0.717) is 5.16 Å². The minimum Gasteiger partial charge on any atom is -0.306 e. The first-order valence-corrected chi connectivity index (χ1v) is 4.50. The molecule has 1 heterocycles. The summed E-state index contributed by atoms with van der Waals surface area (Å²) in [6.45, 7) is 5.09.